The van der Waals surface area contributed by atoms with Gasteiger partial charge in [0, 0.05) is 38.2 Å². The number of rotatable bonds is 5. The Kier molecular flexibility index (Phi) is 6.32. The Hall–Kier alpha value is -2.80. The predicted molar refractivity (Wildman–Crippen MR) is 122 cm³/mol. The third-order valence-electron chi connectivity index (χ3n) is 5.57. The number of carbonyl (C=O) groups excluding carboxylic acids is 1. The first-order valence-corrected chi connectivity index (χ1v) is 11.5. The van der Waals surface area contributed by atoms with Crippen molar-refractivity contribution in [2.45, 2.75) is 33.1 Å². The number of aryl methyl sites for hydroxylation is 1. The van der Waals surface area contributed by atoms with Gasteiger partial charge in [0.1, 0.15) is 17.5 Å². The largest absolute Gasteiger partial charge is 0.353 e. The molecule has 4 rings (SSSR count). The molecule has 0 spiro atoms. The summed E-state index contributed by atoms with van der Waals surface area (Å²) in [5.74, 6) is 1.79. The van der Waals surface area contributed by atoms with Crippen molar-refractivity contribution in [2.75, 3.05) is 31.1 Å². The highest BCUT2D eigenvalue weighted by Crippen LogP contribution is 2.29. The minimum Gasteiger partial charge on any atom is -0.353 e. The van der Waals surface area contributed by atoms with Crippen LogP contribution in [0.3, 0.4) is 0 Å². The zero-order chi connectivity index (χ0) is 22.0. The molecule has 2 aromatic heterocycles. The Morgan fingerprint density at radius 1 is 1.10 bits per heavy atom. The van der Waals surface area contributed by atoms with E-state index in [1.165, 1.54) is 23.5 Å². The van der Waals surface area contributed by atoms with Crippen LogP contribution < -0.4 is 4.90 Å². The van der Waals surface area contributed by atoms with Crippen molar-refractivity contribution < 1.29 is 9.18 Å². The zero-order valence-corrected chi connectivity index (χ0v) is 19.0. The second-order valence-corrected chi connectivity index (χ2v) is 9.12. The molecule has 1 aliphatic heterocycles. The van der Waals surface area contributed by atoms with E-state index in [-0.39, 0.29) is 17.6 Å². The molecular weight excluding hydrogens is 411 g/mol. The van der Waals surface area contributed by atoms with Crippen LogP contribution >= 0.6 is 11.3 Å². The van der Waals surface area contributed by atoms with Gasteiger partial charge in [-0.3, -0.25) is 4.79 Å². The highest BCUT2D eigenvalue weighted by molar-refractivity contribution is 7.12. The van der Waals surface area contributed by atoms with Crippen molar-refractivity contribution in [3.8, 4) is 0 Å². The Morgan fingerprint density at radius 2 is 1.81 bits per heavy atom. The lowest BCUT2D eigenvalue weighted by atomic mass is 9.97. The van der Waals surface area contributed by atoms with Gasteiger partial charge in [-0.15, -0.1) is 11.3 Å². The Labute approximate surface area is 186 Å². The van der Waals surface area contributed by atoms with E-state index >= 15 is 0 Å². The molecule has 3 heterocycles. The number of carbonyl (C=O) groups is 1. The summed E-state index contributed by atoms with van der Waals surface area (Å²) >= 11 is 1.48. The number of thiophene rings is 1. The van der Waals surface area contributed by atoms with E-state index < -0.39 is 0 Å². The Balaban J connectivity index is 1.60. The van der Waals surface area contributed by atoms with Gasteiger partial charge in [-0.2, -0.15) is 0 Å². The lowest BCUT2D eigenvalue weighted by Gasteiger charge is -2.36. The van der Waals surface area contributed by atoms with Gasteiger partial charge in [-0.25, -0.2) is 14.4 Å². The maximum atomic E-state index is 13.4. The molecule has 0 unspecified atom stereocenters. The molecule has 1 amide bonds. The molecule has 0 atom stereocenters. The smallest absolute Gasteiger partial charge is 0.264 e. The predicted octanol–water partition coefficient (Wildman–Crippen LogP) is 4.66. The fourth-order valence-electron chi connectivity index (χ4n) is 3.99. The third-order valence-corrected chi connectivity index (χ3v) is 6.43. The first-order valence-electron chi connectivity index (χ1n) is 10.6. The van der Waals surface area contributed by atoms with Crippen molar-refractivity contribution in [3.05, 3.63) is 75.1 Å². The van der Waals surface area contributed by atoms with Crippen molar-refractivity contribution in [2.24, 2.45) is 0 Å². The Bertz CT molecular complexity index is 1040. The maximum Gasteiger partial charge on any atom is 0.264 e. The van der Waals surface area contributed by atoms with E-state index in [4.69, 9.17) is 9.97 Å². The van der Waals surface area contributed by atoms with Gasteiger partial charge in [-0.1, -0.05) is 32.0 Å². The first kappa shape index (κ1) is 21.4. The van der Waals surface area contributed by atoms with E-state index in [1.807, 2.05) is 41.5 Å². The number of anilines is 1. The van der Waals surface area contributed by atoms with Crippen LogP contribution in [0.15, 0.2) is 41.8 Å². The van der Waals surface area contributed by atoms with Gasteiger partial charge in [0.2, 0.25) is 0 Å². The monoisotopic (exact) mass is 438 g/mol. The van der Waals surface area contributed by atoms with Gasteiger partial charge >= 0.3 is 0 Å². The average molecular weight is 439 g/mol. The lowest BCUT2D eigenvalue weighted by Crippen LogP contribution is -2.49. The summed E-state index contributed by atoms with van der Waals surface area (Å²) in [6.07, 6.45) is 0.651. The van der Waals surface area contributed by atoms with E-state index in [2.05, 4.69) is 18.7 Å². The molecule has 1 aliphatic rings. The molecule has 3 aromatic rings. The summed E-state index contributed by atoms with van der Waals surface area (Å²) in [6, 6.07) is 10.4. The molecule has 0 N–H and O–H groups in total. The molecule has 0 bridgehead atoms. The molecule has 1 saturated heterocycles. The lowest BCUT2D eigenvalue weighted by molar-refractivity contribution is 0.0751. The number of benzene rings is 1. The number of aromatic nitrogens is 2. The summed E-state index contributed by atoms with van der Waals surface area (Å²) in [5, 5.41) is 1.93. The molecule has 5 nitrogen and oxygen atoms in total. The van der Waals surface area contributed by atoms with Gasteiger partial charge in [0.05, 0.1) is 10.6 Å². The quantitative estimate of drug-likeness (QED) is 0.581. The third kappa shape index (κ3) is 4.77. The highest BCUT2D eigenvalue weighted by Gasteiger charge is 2.26. The highest BCUT2D eigenvalue weighted by atomic mass is 32.1. The number of nitrogens with zero attached hydrogens (tertiary/aromatic N) is 4. The maximum absolute atomic E-state index is 13.4. The van der Waals surface area contributed by atoms with Crippen LogP contribution in [0.2, 0.25) is 0 Å². The first-order chi connectivity index (χ1) is 14.9. The second kappa shape index (κ2) is 9.14. The summed E-state index contributed by atoms with van der Waals surface area (Å²) in [6.45, 7) is 8.96. The number of amides is 1. The number of hydrogen-bond donors (Lipinski definition) is 0. The molecule has 162 valence electrons. The van der Waals surface area contributed by atoms with Crippen molar-refractivity contribution in [1.29, 1.82) is 0 Å². The number of piperazine rings is 1. The summed E-state index contributed by atoms with van der Waals surface area (Å²) in [7, 11) is 0. The molecule has 1 fully saturated rings. The molecule has 0 radical (unpaired) electrons. The number of halogens is 1. The van der Waals surface area contributed by atoms with Crippen LogP contribution in [0.5, 0.6) is 0 Å². The summed E-state index contributed by atoms with van der Waals surface area (Å²) < 4.78 is 13.4. The van der Waals surface area contributed by atoms with Gasteiger partial charge in [-0.05, 0) is 42.0 Å². The summed E-state index contributed by atoms with van der Waals surface area (Å²) in [5.41, 5.74) is 3.15. The molecule has 0 aliphatic carbocycles. The molecular formula is C24H27FN4OS. The van der Waals surface area contributed by atoms with E-state index in [9.17, 15) is 9.18 Å². The van der Waals surface area contributed by atoms with Crippen LogP contribution in [0.4, 0.5) is 10.2 Å². The molecule has 31 heavy (non-hydrogen) atoms. The van der Waals surface area contributed by atoms with Gasteiger partial charge in [0.25, 0.3) is 5.91 Å². The van der Waals surface area contributed by atoms with Crippen LogP contribution in [0.25, 0.3) is 0 Å². The van der Waals surface area contributed by atoms with Crippen LogP contribution in [0.1, 0.15) is 52.1 Å². The number of hydrogen-bond acceptors (Lipinski definition) is 5. The van der Waals surface area contributed by atoms with Crippen LogP contribution in [0, 0.1) is 12.7 Å². The molecule has 1 aromatic carbocycles. The van der Waals surface area contributed by atoms with E-state index in [0.717, 1.165) is 46.4 Å². The molecule has 7 heteroatoms. The van der Waals surface area contributed by atoms with Crippen LogP contribution in [-0.2, 0) is 6.42 Å². The zero-order valence-electron chi connectivity index (χ0n) is 18.1. The van der Waals surface area contributed by atoms with Gasteiger partial charge in [0.15, 0.2) is 0 Å². The Morgan fingerprint density at radius 3 is 2.42 bits per heavy atom. The van der Waals surface area contributed by atoms with Gasteiger partial charge < -0.3 is 9.80 Å². The van der Waals surface area contributed by atoms with Crippen molar-refractivity contribution in [3.63, 3.8) is 0 Å². The minimum absolute atomic E-state index is 0.0999. The van der Waals surface area contributed by atoms with E-state index in [0.29, 0.717) is 19.5 Å². The second-order valence-electron chi connectivity index (χ2n) is 8.17. The molecule has 0 saturated carbocycles. The van der Waals surface area contributed by atoms with Crippen molar-refractivity contribution >= 4 is 23.1 Å². The topological polar surface area (TPSA) is 49.3 Å². The minimum atomic E-state index is -0.236. The summed E-state index contributed by atoms with van der Waals surface area (Å²) in [4.78, 5) is 27.2. The normalized spacial score (nSPS) is 14.4. The fraction of sp³-hybridized carbons (Fsp3) is 0.375. The van der Waals surface area contributed by atoms with E-state index in [1.54, 1.807) is 0 Å². The standard InChI is InChI=1S/C24H27FN4OS/c1-16(2)22-20(15-18-6-8-19(25)9-7-18)23(27-17(3)26-22)28-10-12-29(13-11-28)24(30)21-5-4-14-31-21/h4-9,14,16H,10-13,15H2,1-3H3. The van der Waals surface area contributed by atoms with Crippen LogP contribution in [-0.4, -0.2) is 47.0 Å². The van der Waals surface area contributed by atoms with Crippen molar-refractivity contribution in [1.82, 2.24) is 14.9 Å². The fourth-order valence-corrected chi connectivity index (χ4v) is 4.69. The SMILES string of the molecule is Cc1nc(C(C)C)c(Cc2ccc(F)cc2)c(N2CCN(C(=O)c3cccs3)CC2)n1. The average Bonchev–Trinajstić information content (AvgIpc) is 3.30.